The van der Waals surface area contributed by atoms with Gasteiger partial charge in [0.1, 0.15) is 5.82 Å². The Balaban J connectivity index is 1.77. The van der Waals surface area contributed by atoms with E-state index in [0.29, 0.717) is 23.5 Å². The van der Waals surface area contributed by atoms with Gasteiger partial charge in [-0.05, 0) is 37.0 Å². The second-order valence-electron chi connectivity index (χ2n) is 7.77. The number of nitrogens with zero attached hydrogens (tertiary/aromatic N) is 2. The number of ether oxygens (including phenoxy) is 1. The van der Waals surface area contributed by atoms with Crippen molar-refractivity contribution in [2.24, 2.45) is 11.3 Å². The number of rotatable bonds is 3. The number of hydrogen-bond donors (Lipinski definition) is 1. The highest BCUT2D eigenvalue weighted by molar-refractivity contribution is 5.39. The summed E-state index contributed by atoms with van der Waals surface area (Å²) in [6.45, 7) is 11.2. The maximum Gasteiger partial charge on any atom is 0.124 e. The van der Waals surface area contributed by atoms with Crippen molar-refractivity contribution in [1.29, 1.82) is 0 Å². The molecule has 0 aromatic carbocycles. The molecule has 2 aliphatic heterocycles. The third kappa shape index (κ3) is 3.10. The van der Waals surface area contributed by atoms with Crippen molar-refractivity contribution >= 4 is 5.82 Å². The van der Waals surface area contributed by atoms with E-state index in [1.54, 1.807) is 0 Å². The Kier molecular flexibility index (Phi) is 4.00. The van der Waals surface area contributed by atoms with Gasteiger partial charge in [-0.25, -0.2) is 4.68 Å². The molecule has 0 aliphatic carbocycles. The fourth-order valence-corrected chi connectivity index (χ4v) is 3.27. The summed E-state index contributed by atoms with van der Waals surface area (Å²) in [5.74, 6) is 1.80. The Labute approximate surface area is 128 Å². The lowest BCUT2D eigenvalue weighted by Gasteiger charge is -2.29. The third-order valence-corrected chi connectivity index (χ3v) is 5.23. The molecule has 4 heteroatoms. The van der Waals surface area contributed by atoms with Crippen molar-refractivity contribution in [2.75, 3.05) is 18.5 Å². The minimum absolute atomic E-state index is 0.325. The number of fused-ring (bicyclic) bond motifs is 1. The van der Waals surface area contributed by atoms with Crippen molar-refractivity contribution in [3.63, 3.8) is 0 Å². The largest absolute Gasteiger partial charge is 0.376 e. The number of nitrogens with one attached hydrogen (secondary N) is 1. The predicted molar refractivity (Wildman–Crippen MR) is 85.7 cm³/mol. The van der Waals surface area contributed by atoms with Crippen molar-refractivity contribution in [1.82, 2.24) is 9.78 Å². The second-order valence-corrected chi connectivity index (χ2v) is 7.77. The lowest BCUT2D eigenvalue weighted by atomic mass is 9.79. The van der Waals surface area contributed by atoms with Crippen molar-refractivity contribution in [3.8, 4) is 0 Å². The van der Waals surface area contributed by atoms with Gasteiger partial charge in [-0.1, -0.05) is 27.7 Å². The first-order chi connectivity index (χ1) is 9.95. The lowest BCUT2D eigenvalue weighted by Crippen LogP contribution is -2.31. The van der Waals surface area contributed by atoms with Crippen molar-refractivity contribution in [3.05, 3.63) is 11.8 Å². The van der Waals surface area contributed by atoms with Gasteiger partial charge >= 0.3 is 0 Å². The summed E-state index contributed by atoms with van der Waals surface area (Å²) >= 11 is 0. The van der Waals surface area contributed by atoms with Crippen LogP contribution in [-0.4, -0.2) is 29.0 Å². The molecule has 0 bridgehead atoms. The summed E-state index contributed by atoms with van der Waals surface area (Å²) in [4.78, 5) is 0. The normalized spacial score (nSPS) is 27.2. The Morgan fingerprint density at radius 1 is 1.43 bits per heavy atom. The molecule has 3 rings (SSSR count). The van der Waals surface area contributed by atoms with Crippen LogP contribution < -0.4 is 5.32 Å². The van der Waals surface area contributed by atoms with Gasteiger partial charge in [0.05, 0.1) is 17.8 Å². The fraction of sp³-hybridized carbons (Fsp3) is 0.824. The topological polar surface area (TPSA) is 39.1 Å². The summed E-state index contributed by atoms with van der Waals surface area (Å²) in [5.41, 5.74) is 1.54. The van der Waals surface area contributed by atoms with Gasteiger partial charge in [0.2, 0.25) is 0 Å². The van der Waals surface area contributed by atoms with E-state index in [9.17, 15) is 0 Å². The van der Waals surface area contributed by atoms with Crippen LogP contribution in [0.4, 0.5) is 5.82 Å². The zero-order valence-electron chi connectivity index (χ0n) is 13.9. The van der Waals surface area contributed by atoms with Gasteiger partial charge in [-0.3, -0.25) is 0 Å². The second kappa shape index (κ2) is 5.64. The minimum Gasteiger partial charge on any atom is -0.376 e. The average Bonchev–Trinajstić information content (AvgIpc) is 3.05. The standard InChI is InChI=1S/C17H29N3O/c1-12(17(2,3)4)10-13-11-16-18-8-7-14(20(16)19-13)15-6-5-9-21-15/h11-12,14-15,18H,5-10H2,1-4H3. The maximum atomic E-state index is 5.91. The first kappa shape index (κ1) is 14.9. The molecule has 4 nitrogen and oxygen atoms in total. The van der Waals surface area contributed by atoms with Crippen LogP contribution in [0.3, 0.4) is 0 Å². The third-order valence-electron chi connectivity index (χ3n) is 5.23. The molecule has 1 aromatic rings. The Hall–Kier alpha value is -1.03. The molecule has 1 N–H and O–H groups in total. The van der Waals surface area contributed by atoms with Crippen LogP contribution in [0.5, 0.6) is 0 Å². The highest BCUT2D eigenvalue weighted by Gasteiger charge is 2.32. The summed E-state index contributed by atoms with van der Waals surface area (Å²) < 4.78 is 8.10. The van der Waals surface area contributed by atoms with Gasteiger partial charge in [-0.15, -0.1) is 0 Å². The molecular formula is C17H29N3O. The molecule has 1 fully saturated rings. The zero-order valence-corrected chi connectivity index (χ0v) is 13.9. The summed E-state index contributed by atoms with van der Waals surface area (Å²) in [7, 11) is 0. The van der Waals surface area contributed by atoms with E-state index in [0.717, 1.165) is 26.0 Å². The van der Waals surface area contributed by atoms with Crippen molar-refractivity contribution in [2.45, 2.75) is 65.5 Å². The first-order valence-corrected chi connectivity index (χ1v) is 8.39. The van der Waals surface area contributed by atoms with E-state index in [-0.39, 0.29) is 0 Å². The van der Waals surface area contributed by atoms with Crippen LogP contribution in [0.25, 0.3) is 0 Å². The molecule has 0 spiro atoms. The van der Waals surface area contributed by atoms with Crippen LogP contribution in [0.2, 0.25) is 0 Å². The Bertz CT molecular complexity index is 483. The summed E-state index contributed by atoms with van der Waals surface area (Å²) in [6.07, 6.45) is 4.90. The zero-order chi connectivity index (χ0) is 15.0. The fourth-order valence-electron chi connectivity index (χ4n) is 3.27. The maximum absolute atomic E-state index is 5.91. The highest BCUT2D eigenvalue weighted by atomic mass is 16.5. The molecule has 118 valence electrons. The summed E-state index contributed by atoms with van der Waals surface area (Å²) in [5, 5.41) is 8.40. The molecule has 1 saturated heterocycles. The smallest absolute Gasteiger partial charge is 0.124 e. The minimum atomic E-state index is 0.325. The molecule has 3 heterocycles. The Morgan fingerprint density at radius 3 is 2.90 bits per heavy atom. The molecule has 0 amide bonds. The van der Waals surface area contributed by atoms with Crippen LogP contribution in [-0.2, 0) is 11.2 Å². The molecule has 2 aliphatic rings. The van der Waals surface area contributed by atoms with E-state index < -0.39 is 0 Å². The van der Waals surface area contributed by atoms with E-state index in [4.69, 9.17) is 9.84 Å². The number of aromatic nitrogens is 2. The molecule has 21 heavy (non-hydrogen) atoms. The predicted octanol–water partition coefficient (Wildman–Crippen LogP) is 3.64. The molecule has 3 unspecified atom stereocenters. The van der Waals surface area contributed by atoms with Crippen LogP contribution in [0.15, 0.2) is 6.07 Å². The van der Waals surface area contributed by atoms with E-state index in [1.165, 1.54) is 24.4 Å². The van der Waals surface area contributed by atoms with Crippen LogP contribution in [0.1, 0.15) is 58.7 Å². The molecule has 3 atom stereocenters. The number of anilines is 1. The van der Waals surface area contributed by atoms with E-state index in [2.05, 4.69) is 43.8 Å². The average molecular weight is 291 g/mol. The molecular weight excluding hydrogens is 262 g/mol. The lowest BCUT2D eigenvalue weighted by molar-refractivity contribution is 0.0590. The van der Waals surface area contributed by atoms with Gasteiger partial charge < -0.3 is 10.1 Å². The SMILES string of the molecule is CC(Cc1cc2n(n1)C(C1CCCO1)CCN2)C(C)(C)C. The van der Waals surface area contributed by atoms with Gasteiger partial charge in [0.25, 0.3) is 0 Å². The first-order valence-electron chi connectivity index (χ1n) is 8.39. The Morgan fingerprint density at radius 2 is 2.24 bits per heavy atom. The van der Waals surface area contributed by atoms with Crippen molar-refractivity contribution < 1.29 is 4.74 Å². The molecule has 0 radical (unpaired) electrons. The van der Waals surface area contributed by atoms with E-state index in [1.807, 2.05) is 0 Å². The quantitative estimate of drug-likeness (QED) is 0.924. The van der Waals surface area contributed by atoms with Gasteiger partial charge in [-0.2, -0.15) is 5.10 Å². The number of hydrogen-bond acceptors (Lipinski definition) is 3. The summed E-state index contributed by atoms with van der Waals surface area (Å²) in [6, 6.07) is 2.66. The molecule has 0 saturated carbocycles. The van der Waals surface area contributed by atoms with Crippen LogP contribution >= 0.6 is 0 Å². The highest BCUT2D eigenvalue weighted by Crippen LogP contribution is 2.34. The van der Waals surface area contributed by atoms with Crippen LogP contribution in [0, 0.1) is 11.3 Å². The van der Waals surface area contributed by atoms with Gasteiger partial charge in [0.15, 0.2) is 0 Å². The van der Waals surface area contributed by atoms with Gasteiger partial charge in [0, 0.05) is 19.2 Å². The van der Waals surface area contributed by atoms with E-state index >= 15 is 0 Å². The molecule has 1 aromatic heterocycles. The monoisotopic (exact) mass is 291 g/mol.